The molecule has 7 heteroatoms. The van der Waals surface area contributed by atoms with Gasteiger partial charge < -0.3 is 15.0 Å². The lowest BCUT2D eigenvalue weighted by Gasteiger charge is -2.29. The lowest BCUT2D eigenvalue weighted by molar-refractivity contribution is -0.136. The van der Waals surface area contributed by atoms with Crippen molar-refractivity contribution in [2.75, 3.05) is 26.3 Å². The molecule has 1 aliphatic rings. The second-order valence-electron chi connectivity index (χ2n) is 4.27. The molecule has 1 aromatic heterocycles. The van der Waals surface area contributed by atoms with E-state index in [-0.39, 0.29) is 11.8 Å². The highest BCUT2D eigenvalue weighted by Gasteiger charge is 2.24. The Morgan fingerprint density at radius 3 is 2.74 bits per heavy atom. The molecule has 1 aliphatic heterocycles. The van der Waals surface area contributed by atoms with Crippen LogP contribution in [0.4, 0.5) is 0 Å². The minimum atomic E-state index is -0.524. The molecule has 0 saturated carbocycles. The lowest BCUT2D eigenvalue weighted by Crippen LogP contribution is -2.50. The van der Waals surface area contributed by atoms with Crippen molar-refractivity contribution >= 4 is 39.1 Å². The molecule has 2 amide bonds. The third-order valence-corrected chi connectivity index (χ3v) is 4.37. The second kappa shape index (κ2) is 6.49. The standard InChI is InChI=1S/C12H15BrN2O3S/c1-8(12(17)15-2-4-18-5-3-15)14-11(16)9-6-10(13)19-7-9/h6-8H,2-5H2,1H3,(H,14,16). The van der Waals surface area contributed by atoms with Gasteiger partial charge in [0.15, 0.2) is 0 Å². The van der Waals surface area contributed by atoms with Crippen LogP contribution >= 0.6 is 27.3 Å². The Bertz CT molecular complexity index is 471. The maximum Gasteiger partial charge on any atom is 0.252 e. The Hall–Kier alpha value is -0.920. The third-order valence-electron chi connectivity index (χ3n) is 2.87. The molecule has 19 heavy (non-hydrogen) atoms. The van der Waals surface area contributed by atoms with Gasteiger partial charge in [0.05, 0.1) is 22.6 Å². The summed E-state index contributed by atoms with van der Waals surface area (Å²) in [7, 11) is 0. The summed E-state index contributed by atoms with van der Waals surface area (Å²) in [5.74, 6) is -0.290. The second-order valence-corrected chi connectivity index (χ2v) is 6.56. The summed E-state index contributed by atoms with van der Waals surface area (Å²) < 4.78 is 6.09. The Labute approximate surface area is 124 Å². The zero-order chi connectivity index (χ0) is 13.8. The third kappa shape index (κ3) is 3.77. The average Bonchev–Trinajstić information content (AvgIpc) is 2.85. The van der Waals surface area contributed by atoms with Gasteiger partial charge in [-0.1, -0.05) is 0 Å². The van der Waals surface area contributed by atoms with E-state index in [2.05, 4.69) is 21.2 Å². The Kier molecular flexibility index (Phi) is 4.95. The molecule has 5 nitrogen and oxygen atoms in total. The molecular weight excluding hydrogens is 332 g/mol. The summed E-state index contributed by atoms with van der Waals surface area (Å²) in [6, 6.07) is 1.22. The monoisotopic (exact) mass is 346 g/mol. The van der Waals surface area contributed by atoms with E-state index < -0.39 is 6.04 Å². The van der Waals surface area contributed by atoms with Crippen LogP contribution in [0.2, 0.25) is 0 Å². The number of hydrogen-bond acceptors (Lipinski definition) is 4. The van der Waals surface area contributed by atoms with Gasteiger partial charge in [-0.3, -0.25) is 9.59 Å². The molecular formula is C12H15BrN2O3S. The van der Waals surface area contributed by atoms with Crippen LogP contribution in [0.5, 0.6) is 0 Å². The summed E-state index contributed by atoms with van der Waals surface area (Å²) in [6.07, 6.45) is 0. The van der Waals surface area contributed by atoms with Gasteiger partial charge in [0.25, 0.3) is 5.91 Å². The van der Waals surface area contributed by atoms with E-state index in [4.69, 9.17) is 4.74 Å². The van der Waals surface area contributed by atoms with Gasteiger partial charge in [0, 0.05) is 18.5 Å². The van der Waals surface area contributed by atoms with Gasteiger partial charge >= 0.3 is 0 Å². The van der Waals surface area contributed by atoms with Gasteiger partial charge in [-0.15, -0.1) is 11.3 Å². The molecule has 0 radical (unpaired) electrons. The van der Waals surface area contributed by atoms with E-state index in [1.165, 1.54) is 11.3 Å². The van der Waals surface area contributed by atoms with Crippen molar-refractivity contribution in [3.05, 3.63) is 20.8 Å². The van der Waals surface area contributed by atoms with E-state index in [9.17, 15) is 9.59 Å². The number of hydrogen-bond donors (Lipinski definition) is 1. The van der Waals surface area contributed by atoms with Crippen molar-refractivity contribution in [1.82, 2.24) is 10.2 Å². The lowest BCUT2D eigenvalue weighted by atomic mass is 10.2. The van der Waals surface area contributed by atoms with E-state index >= 15 is 0 Å². The number of halogens is 1. The first-order chi connectivity index (χ1) is 9.08. The normalized spacial score (nSPS) is 17.1. The quantitative estimate of drug-likeness (QED) is 0.901. The zero-order valence-electron chi connectivity index (χ0n) is 10.5. The molecule has 2 heterocycles. The molecule has 0 spiro atoms. The van der Waals surface area contributed by atoms with Crippen molar-refractivity contribution in [1.29, 1.82) is 0 Å². The molecule has 2 rings (SSSR count). The summed E-state index contributed by atoms with van der Waals surface area (Å²) in [5, 5.41) is 4.48. The summed E-state index contributed by atoms with van der Waals surface area (Å²) in [4.78, 5) is 25.8. The number of nitrogens with zero attached hydrogens (tertiary/aromatic N) is 1. The Morgan fingerprint density at radius 1 is 1.47 bits per heavy atom. The smallest absolute Gasteiger partial charge is 0.252 e. The maximum absolute atomic E-state index is 12.1. The Balaban J connectivity index is 1.91. The van der Waals surface area contributed by atoms with Crippen LogP contribution in [0.15, 0.2) is 15.2 Å². The summed E-state index contributed by atoms with van der Waals surface area (Å²) in [6.45, 7) is 4.00. The van der Waals surface area contributed by atoms with Gasteiger partial charge in [0.2, 0.25) is 5.91 Å². The fourth-order valence-electron chi connectivity index (χ4n) is 1.83. The zero-order valence-corrected chi connectivity index (χ0v) is 12.9. The molecule has 1 aromatic rings. The number of thiophene rings is 1. The molecule has 104 valence electrons. The number of morpholine rings is 1. The largest absolute Gasteiger partial charge is 0.378 e. The first kappa shape index (κ1) is 14.5. The predicted molar refractivity (Wildman–Crippen MR) is 76.3 cm³/mol. The molecule has 0 aromatic carbocycles. The van der Waals surface area contributed by atoms with Crippen molar-refractivity contribution in [3.8, 4) is 0 Å². The van der Waals surface area contributed by atoms with Gasteiger partial charge in [-0.2, -0.15) is 0 Å². The number of carbonyl (C=O) groups is 2. The van der Waals surface area contributed by atoms with Crippen LogP contribution in [-0.2, 0) is 9.53 Å². The SMILES string of the molecule is CC(NC(=O)c1csc(Br)c1)C(=O)N1CCOCC1. The number of amides is 2. The molecule has 1 unspecified atom stereocenters. The van der Waals surface area contributed by atoms with Gasteiger partial charge in [0.1, 0.15) is 6.04 Å². The van der Waals surface area contributed by atoms with Gasteiger partial charge in [-0.25, -0.2) is 0 Å². The van der Waals surface area contributed by atoms with Crippen LogP contribution in [0, 0.1) is 0 Å². The van der Waals surface area contributed by atoms with Crippen molar-refractivity contribution < 1.29 is 14.3 Å². The molecule has 0 bridgehead atoms. The molecule has 1 saturated heterocycles. The highest BCUT2D eigenvalue weighted by molar-refractivity contribution is 9.11. The number of carbonyl (C=O) groups excluding carboxylic acids is 2. The highest BCUT2D eigenvalue weighted by atomic mass is 79.9. The van der Waals surface area contributed by atoms with Crippen LogP contribution in [-0.4, -0.2) is 49.1 Å². The van der Waals surface area contributed by atoms with Crippen LogP contribution in [0.25, 0.3) is 0 Å². The number of ether oxygens (including phenoxy) is 1. The van der Waals surface area contributed by atoms with E-state index in [0.717, 1.165) is 3.79 Å². The highest BCUT2D eigenvalue weighted by Crippen LogP contribution is 2.20. The van der Waals surface area contributed by atoms with Crippen LogP contribution in [0.3, 0.4) is 0 Å². The topological polar surface area (TPSA) is 58.6 Å². The molecule has 0 aliphatic carbocycles. The maximum atomic E-state index is 12.1. The van der Waals surface area contributed by atoms with E-state index in [0.29, 0.717) is 31.9 Å². The fraction of sp³-hybridized carbons (Fsp3) is 0.500. The summed E-state index contributed by atoms with van der Waals surface area (Å²) in [5.41, 5.74) is 0.568. The minimum absolute atomic E-state index is 0.0639. The van der Waals surface area contributed by atoms with Crippen molar-refractivity contribution in [2.24, 2.45) is 0 Å². The number of rotatable bonds is 3. The summed E-state index contributed by atoms with van der Waals surface area (Å²) >= 11 is 4.75. The molecule has 1 fully saturated rings. The van der Waals surface area contributed by atoms with E-state index in [1.54, 1.807) is 23.3 Å². The van der Waals surface area contributed by atoms with E-state index in [1.807, 2.05) is 0 Å². The van der Waals surface area contributed by atoms with Crippen molar-refractivity contribution in [2.45, 2.75) is 13.0 Å². The minimum Gasteiger partial charge on any atom is -0.378 e. The predicted octanol–water partition coefficient (Wildman–Crippen LogP) is 1.49. The fourth-order valence-corrected chi connectivity index (χ4v) is 2.97. The van der Waals surface area contributed by atoms with Gasteiger partial charge in [-0.05, 0) is 28.9 Å². The number of nitrogens with one attached hydrogen (secondary N) is 1. The first-order valence-corrected chi connectivity index (χ1v) is 7.66. The first-order valence-electron chi connectivity index (χ1n) is 5.99. The van der Waals surface area contributed by atoms with Crippen molar-refractivity contribution in [3.63, 3.8) is 0 Å². The molecule has 1 atom stereocenters. The van der Waals surface area contributed by atoms with Crippen LogP contribution < -0.4 is 5.32 Å². The Morgan fingerprint density at radius 2 is 2.16 bits per heavy atom. The average molecular weight is 347 g/mol. The molecule has 1 N–H and O–H groups in total. The van der Waals surface area contributed by atoms with Crippen LogP contribution in [0.1, 0.15) is 17.3 Å².